The molecule has 3 nitrogen and oxygen atoms in total. The number of ketones is 2. The maximum atomic E-state index is 12.4. The topological polar surface area (TPSA) is 43.4 Å². The van der Waals surface area contributed by atoms with Gasteiger partial charge in [-0.2, -0.15) is 0 Å². The predicted octanol–water partition coefficient (Wildman–Crippen LogP) is 3.16. The van der Waals surface area contributed by atoms with E-state index in [2.05, 4.69) is 6.92 Å². The Kier molecular flexibility index (Phi) is 2.63. The van der Waals surface area contributed by atoms with Crippen LogP contribution in [0.15, 0.2) is 0 Å². The molecule has 2 bridgehead atoms. The average Bonchev–Trinajstić information content (AvgIpc) is 3.02. The summed E-state index contributed by atoms with van der Waals surface area (Å²) in [6.07, 6.45) is 8.23. The minimum Gasteiger partial charge on any atom is -0.370 e. The zero-order valence-corrected chi connectivity index (χ0v) is 13.5. The molecule has 0 N–H and O–H groups in total. The highest BCUT2D eigenvalue weighted by atomic mass is 16.5. The summed E-state index contributed by atoms with van der Waals surface area (Å²) in [6, 6.07) is 0. The van der Waals surface area contributed by atoms with Crippen LogP contribution in [0.4, 0.5) is 0 Å². The van der Waals surface area contributed by atoms with Gasteiger partial charge in [-0.1, -0.05) is 6.92 Å². The number of carbonyl (C=O) groups is 2. The third kappa shape index (κ3) is 1.47. The summed E-state index contributed by atoms with van der Waals surface area (Å²) < 4.78 is 5.94. The third-order valence-corrected chi connectivity index (χ3v) is 8.47. The quantitative estimate of drug-likeness (QED) is 0.690. The van der Waals surface area contributed by atoms with Gasteiger partial charge in [0.1, 0.15) is 11.9 Å². The van der Waals surface area contributed by atoms with Crippen LogP contribution in [-0.4, -0.2) is 24.3 Å². The standard InChI is InChI=1S/C19H26O3/c1-18-7-6-14-12(13(18)4-5-17(18)21)3-2-11-8-15(20)16-9-19(11,14)10-22-16/h11-14,16H,2-10H2,1H3/t11-,12-,13-,14-,16?,18-,19+/m0/s1. The number of ether oxygens (including phenoxy) is 1. The molecule has 1 unspecified atom stereocenters. The highest BCUT2D eigenvalue weighted by Gasteiger charge is 2.64. The van der Waals surface area contributed by atoms with Crippen LogP contribution in [0.25, 0.3) is 0 Å². The first-order valence-corrected chi connectivity index (χ1v) is 9.22. The number of carbonyl (C=O) groups excluding carboxylic acids is 2. The Labute approximate surface area is 132 Å². The van der Waals surface area contributed by atoms with Crippen LogP contribution in [0.2, 0.25) is 0 Å². The summed E-state index contributed by atoms with van der Waals surface area (Å²) in [4.78, 5) is 24.6. The van der Waals surface area contributed by atoms with Crippen LogP contribution in [0.5, 0.6) is 0 Å². The molecule has 7 atom stereocenters. The first-order valence-electron chi connectivity index (χ1n) is 9.22. The molecule has 5 fully saturated rings. The predicted molar refractivity (Wildman–Crippen MR) is 81.2 cm³/mol. The lowest BCUT2D eigenvalue weighted by Crippen LogP contribution is -2.55. The SMILES string of the molecule is C[C@]12CC[C@H]3[C@@H](CC[C@H]4CC(=O)C5C[C@@]43CO5)[C@@H]1CCC2=O. The van der Waals surface area contributed by atoms with Gasteiger partial charge in [0.25, 0.3) is 0 Å². The summed E-state index contributed by atoms with van der Waals surface area (Å²) in [5.74, 6) is 3.45. The molecule has 4 aliphatic carbocycles. The van der Waals surface area contributed by atoms with E-state index in [1.807, 2.05) is 0 Å². The minimum atomic E-state index is -0.103. The first kappa shape index (κ1) is 13.7. The number of fused-ring (bicyclic) bond motifs is 4. The van der Waals surface area contributed by atoms with Gasteiger partial charge < -0.3 is 4.74 Å². The maximum absolute atomic E-state index is 12.4. The van der Waals surface area contributed by atoms with Gasteiger partial charge in [0.15, 0.2) is 5.78 Å². The van der Waals surface area contributed by atoms with Crippen molar-refractivity contribution in [2.75, 3.05) is 6.61 Å². The summed E-state index contributed by atoms with van der Waals surface area (Å²) in [6.45, 7) is 3.05. The Morgan fingerprint density at radius 1 is 1.09 bits per heavy atom. The fourth-order valence-electron chi connectivity index (χ4n) is 7.31. The van der Waals surface area contributed by atoms with E-state index in [-0.39, 0.29) is 16.9 Å². The Bertz CT molecular complexity index is 555. The molecular formula is C19H26O3. The van der Waals surface area contributed by atoms with Crippen LogP contribution in [0, 0.1) is 34.5 Å². The summed E-state index contributed by atoms with van der Waals surface area (Å²) >= 11 is 0. The first-order chi connectivity index (χ1) is 10.5. The molecule has 0 amide bonds. The van der Waals surface area contributed by atoms with Gasteiger partial charge in [0.2, 0.25) is 0 Å². The molecule has 1 spiro atoms. The fourth-order valence-corrected chi connectivity index (χ4v) is 7.31. The molecule has 0 aromatic rings. The van der Waals surface area contributed by atoms with Crippen LogP contribution < -0.4 is 0 Å². The van der Waals surface area contributed by atoms with E-state index in [4.69, 9.17) is 4.74 Å². The van der Waals surface area contributed by atoms with E-state index in [0.29, 0.717) is 35.2 Å². The van der Waals surface area contributed by atoms with Gasteiger partial charge in [-0.25, -0.2) is 0 Å². The molecule has 120 valence electrons. The van der Waals surface area contributed by atoms with Crippen LogP contribution in [0.1, 0.15) is 58.3 Å². The highest BCUT2D eigenvalue weighted by Crippen LogP contribution is 2.66. The molecule has 4 saturated carbocycles. The van der Waals surface area contributed by atoms with Crippen molar-refractivity contribution in [1.29, 1.82) is 0 Å². The van der Waals surface area contributed by atoms with E-state index in [1.54, 1.807) is 0 Å². The van der Waals surface area contributed by atoms with Crippen molar-refractivity contribution in [2.45, 2.75) is 64.4 Å². The van der Waals surface area contributed by atoms with E-state index in [0.717, 1.165) is 38.7 Å². The van der Waals surface area contributed by atoms with Gasteiger partial charge >= 0.3 is 0 Å². The maximum Gasteiger partial charge on any atom is 0.161 e. The molecule has 1 heterocycles. The van der Waals surface area contributed by atoms with Crippen molar-refractivity contribution in [2.24, 2.45) is 34.5 Å². The Morgan fingerprint density at radius 2 is 1.95 bits per heavy atom. The Hall–Kier alpha value is -0.700. The van der Waals surface area contributed by atoms with Crippen molar-refractivity contribution in [3.8, 4) is 0 Å². The molecule has 22 heavy (non-hydrogen) atoms. The largest absolute Gasteiger partial charge is 0.370 e. The number of Topliss-reactive ketones (excluding diaryl/α,β-unsaturated/α-hetero) is 2. The lowest BCUT2D eigenvalue weighted by Gasteiger charge is -2.58. The molecule has 0 radical (unpaired) electrons. The number of hydrogen-bond donors (Lipinski definition) is 0. The molecule has 5 aliphatic rings. The van der Waals surface area contributed by atoms with Gasteiger partial charge in [-0.15, -0.1) is 0 Å². The Balaban J connectivity index is 1.52. The minimum absolute atomic E-state index is 0.0337. The second-order valence-electron chi connectivity index (χ2n) is 8.98. The van der Waals surface area contributed by atoms with Crippen molar-refractivity contribution in [3.63, 3.8) is 0 Å². The van der Waals surface area contributed by atoms with Crippen molar-refractivity contribution >= 4 is 11.6 Å². The van der Waals surface area contributed by atoms with Crippen LogP contribution >= 0.6 is 0 Å². The molecular weight excluding hydrogens is 276 g/mol. The smallest absolute Gasteiger partial charge is 0.161 e. The molecule has 1 saturated heterocycles. The van der Waals surface area contributed by atoms with Gasteiger partial charge in [0, 0.05) is 23.7 Å². The summed E-state index contributed by atoms with van der Waals surface area (Å²) in [5, 5.41) is 0. The third-order valence-electron chi connectivity index (χ3n) is 8.47. The number of rotatable bonds is 0. The van der Waals surface area contributed by atoms with E-state index < -0.39 is 0 Å². The summed E-state index contributed by atoms with van der Waals surface area (Å²) in [5.41, 5.74) is 0.239. The van der Waals surface area contributed by atoms with Crippen molar-refractivity contribution in [3.05, 3.63) is 0 Å². The van der Waals surface area contributed by atoms with E-state index in [1.165, 1.54) is 19.3 Å². The fraction of sp³-hybridized carbons (Fsp3) is 0.895. The lowest BCUT2D eigenvalue weighted by atomic mass is 9.45. The van der Waals surface area contributed by atoms with E-state index >= 15 is 0 Å². The second-order valence-corrected chi connectivity index (χ2v) is 8.98. The molecule has 5 rings (SSSR count). The lowest BCUT2D eigenvalue weighted by molar-refractivity contribution is -0.141. The second kappa shape index (κ2) is 4.23. The zero-order valence-electron chi connectivity index (χ0n) is 13.5. The highest BCUT2D eigenvalue weighted by molar-refractivity contribution is 5.87. The monoisotopic (exact) mass is 302 g/mol. The van der Waals surface area contributed by atoms with Gasteiger partial charge in [-0.3, -0.25) is 9.59 Å². The average molecular weight is 302 g/mol. The molecule has 0 aromatic heterocycles. The zero-order chi connectivity index (χ0) is 15.1. The van der Waals surface area contributed by atoms with Gasteiger partial charge in [-0.05, 0) is 62.2 Å². The van der Waals surface area contributed by atoms with Crippen LogP contribution in [0.3, 0.4) is 0 Å². The summed E-state index contributed by atoms with van der Waals surface area (Å²) in [7, 11) is 0. The Morgan fingerprint density at radius 3 is 2.82 bits per heavy atom. The normalized spacial score (nSPS) is 56.5. The van der Waals surface area contributed by atoms with E-state index in [9.17, 15) is 9.59 Å². The molecule has 1 aliphatic heterocycles. The number of hydrogen-bond acceptors (Lipinski definition) is 3. The molecule has 0 aromatic carbocycles. The van der Waals surface area contributed by atoms with Crippen molar-refractivity contribution in [1.82, 2.24) is 0 Å². The molecule has 3 heteroatoms. The van der Waals surface area contributed by atoms with Gasteiger partial charge in [0.05, 0.1) is 6.61 Å². The van der Waals surface area contributed by atoms with Crippen molar-refractivity contribution < 1.29 is 14.3 Å². The van der Waals surface area contributed by atoms with Crippen LogP contribution in [-0.2, 0) is 14.3 Å².